The van der Waals surface area contributed by atoms with Gasteiger partial charge in [0.25, 0.3) is 0 Å². The SMILES string of the molecule is CC1(C)CCCC(NCc2ccc(OC(F)F)cc2)C1. The van der Waals surface area contributed by atoms with Crippen molar-refractivity contribution in [2.45, 2.75) is 58.7 Å². The van der Waals surface area contributed by atoms with Gasteiger partial charge < -0.3 is 10.1 Å². The Bertz CT molecular complexity index is 417. The molecule has 1 fully saturated rings. The van der Waals surface area contributed by atoms with Gasteiger partial charge in [-0.05, 0) is 42.4 Å². The highest BCUT2D eigenvalue weighted by Crippen LogP contribution is 2.35. The van der Waals surface area contributed by atoms with Gasteiger partial charge in [-0.25, -0.2) is 0 Å². The molecule has 1 saturated carbocycles. The Balaban J connectivity index is 1.82. The standard InChI is InChI=1S/C16H23F2NO/c1-16(2)9-3-4-13(10-16)19-11-12-5-7-14(8-6-12)20-15(17)18/h5-8,13,15,19H,3-4,9-11H2,1-2H3. The summed E-state index contributed by atoms with van der Waals surface area (Å²) < 4.78 is 28.4. The Hall–Kier alpha value is -1.16. The number of rotatable bonds is 5. The first kappa shape index (κ1) is 15.2. The highest BCUT2D eigenvalue weighted by atomic mass is 19.3. The van der Waals surface area contributed by atoms with Gasteiger partial charge in [0.15, 0.2) is 0 Å². The molecule has 0 spiro atoms. The fourth-order valence-electron chi connectivity index (χ4n) is 2.92. The number of benzene rings is 1. The molecule has 0 saturated heterocycles. The molecule has 0 radical (unpaired) electrons. The molecular weight excluding hydrogens is 260 g/mol. The first-order chi connectivity index (χ1) is 9.44. The number of nitrogens with one attached hydrogen (secondary N) is 1. The summed E-state index contributed by atoms with van der Waals surface area (Å²) in [6, 6.07) is 7.40. The van der Waals surface area contributed by atoms with Crippen LogP contribution in [0.25, 0.3) is 0 Å². The van der Waals surface area contributed by atoms with Gasteiger partial charge >= 0.3 is 6.61 Å². The molecule has 4 heteroatoms. The van der Waals surface area contributed by atoms with Gasteiger partial charge in [0.2, 0.25) is 0 Å². The molecule has 1 aliphatic carbocycles. The third kappa shape index (κ3) is 4.75. The lowest BCUT2D eigenvalue weighted by Gasteiger charge is -2.35. The second kappa shape index (κ2) is 6.53. The maximum absolute atomic E-state index is 12.1. The average Bonchev–Trinajstić information content (AvgIpc) is 2.36. The summed E-state index contributed by atoms with van der Waals surface area (Å²) in [7, 11) is 0. The molecule has 0 amide bonds. The van der Waals surface area contributed by atoms with Crippen LogP contribution >= 0.6 is 0 Å². The highest BCUT2D eigenvalue weighted by molar-refractivity contribution is 5.27. The van der Waals surface area contributed by atoms with E-state index in [-0.39, 0.29) is 5.75 Å². The maximum atomic E-state index is 12.1. The van der Waals surface area contributed by atoms with Crippen LogP contribution in [0.1, 0.15) is 45.1 Å². The van der Waals surface area contributed by atoms with Gasteiger partial charge in [0.1, 0.15) is 5.75 Å². The number of alkyl halides is 2. The maximum Gasteiger partial charge on any atom is 0.387 e. The fourth-order valence-corrected chi connectivity index (χ4v) is 2.92. The summed E-state index contributed by atoms with van der Waals surface area (Å²) >= 11 is 0. The Kier molecular flexibility index (Phi) is 4.97. The third-order valence-corrected chi connectivity index (χ3v) is 3.95. The molecule has 1 aliphatic rings. The predicted octanol–water partition coefficient (Wildman–Crippen LogP) is 4.35. The predicted molar refractivity (Wildman–Crippen MR) is 76.0 cm³/mol. The smallest absolute Gasteiger partial charge is 0.387 e. The van der Waals surface area contributed by atoms with Crippen molar-refractivity contribution in [3.63, 3.8) is 0 Å². The first-order valence-electron chi connectivity index (χ1n) is 7.22. The molecule has 0 bridgehead atoms. The molecular formula is C16H23F2NO. The summed E-state index contributed by atoms with van der Waals surface area (Å²) in [5.74, 6) is 0.211. The van der Waals surface area contributed by atoms with E-state index in [4.69, 9.17) is 0 Å². The number of hydrogen-bond acceptors (Lipinski definition) is 2. The van der Waals surface area contributed by atoms with Crippen molar-refractivity contribution in [2.75, 3.05) is 0 Å². The lowest BCUT2D eigenvalue weighted by atomic mass is 9.75. The van der Waals surface area contributed by atoms with Gasteiger partial charge in [-0.1, -0.05) is 32.4 Å². The summed E-state index contributed by atoms with van der Waals surface area (Å²) in [4.78, 5) is 0. The van der Waals surface area contributed by atoms with E-state index in [1.54, 1.807) is 12.1 Å². The van der Waals surface area contributed by atoms with Crippen molar-refractivity contribution in [1.29, 1.82) is 0 Å². The van der Waals surface area contributed by atoms with Crippen LogP contribution in [-0.2, 0) is 6.54 Å². The third-order valence-electron chi connectivity index (χ3n) is 3.95. The van der Waals surface area contributed by atoms with Crippen LogP contribution in [0.2, 0.25) is 0 Å². The molecule has 1 aromatic rings. The topological polar surface area (TPSA) is 21.3 Å². The second-order valence-corrected chi connectivity index (χ2v) is 6.36. The van der Waals surface area contributed by atoms with E-state index in [9.17, 15) is 8.78 Å². The summed E-state index contributed by atoms with van der Waals surface area (Å²) in [6.07, 6.45) is 4.98. The van der Waals surface area contributed by atoms with Gasteiger partial charge in [0, 0.05) is 12.6 Å². The van der Waals surface area contributed by atoms with Gasteiger partial charge in [-0.3, -0.25) is 0 Å². The quantitative estimate of drug-likeness (QED) is 0.867. The molecule has 1 aromatic carbocycles. The zero-order chi connectivity index (χ0) is 14.6. The van der Waals surface area contributed by atoms with Crippen molar-refractivity contribution in [3.05, 3.63) is 29.8 Å². The van der Waals surface area contributed by atoms with Crippen molar-refractivity contribution in [2.24, 2.45) is 5.41 Å². The molecule has 20 heavy (non-hydrogen) atoms. The van der Waals surface area contributed by atoms with E-state index in [1.807, 2.05) is 12.1 Å². The van der Waals surface area contributed by atoms with E-state index >= 15 is 0 Å². The van der Waals surface area contributed by atoms with Crippen molar-refractivity contribution >= 4 is 0 Å². The minimum Gasteiger partial charge on any atom is -0.435 e. The molecule has 112 valence electrons. The Morgan fingerprint density at radius 1 is 1.30 bits per heavy atom. The molecule has 0 aromatic heterocycles. The van der Waals surface area contributed by atoms with Crippen molar-refractivity contribution in [3.8, 4) is 5.75 Å². The normalized spacial score (nSPS) is 21.9. The monoisotopic (exact) mass is 283 g/mol. The molecule has 2 nitrogen and oxygen atoms in total. The van der Waals surface area contributed by atoms with Crippen molar-refractivity contribution in [1.82, 2.24) is 5.32 Å². The Labute approximate surface area is 119 Å². The fraction of sp³-hybridized carbons (Fsp3) is 0.625. The lowest BCUT2D eigenvalue weighted by Crippen LogP contribution is -2.36. The zero-order valence-electron chi connectivity index (χ0n) is 12.2. The summed E-state index contributed by atoms with van der Waals surface area (Å²) in [5, 5.41) is 3.56. The Morgan fingerprint density at radius 2 is 2.00 bits per heavy atom. The first-order valence-corrected chi connectivity index (χ1v) is 7.22. The van der Waals surface area contributed by atoms with Crippen LogP contribution < -0.4 is 10.1 Å². The van der Waals surface area contributed by atoms with E-state index in [0.717, 1.165) is 12.1 Å². The van der Waals surface area contributed by atoms with Crippen LogP contribution in [0.3, 0.4) is 0 Å². The summed E-state index contributed by atoms with van der Waals surface area (Å²) in [5.41, 5.74) is 1.51. The van der Waals surface area contributed by atoms with Crippen molar-refractivity contribution < 1.29 is 13.5 Å². The summed E-state index contributed by atoms with van der Waals surface area (Å²) in [6.45, 7) is 2.65. The van der Waals surface area contributed by atoms with E-state index in [1.165, 1.54) is 25.7 Å². The van der Waals surface area contributed by atoms with Crippen LogP contribution in [0.15, 0.2) is 24.3 Å². The minimum absolute atomic E-state index is 0.211. The Morgan fingerprint density at radius 3 is 2.60 bits per heavy atom. The number of ether oxygens (including phenoxy) is 1. The average molecular weight is 283 g/mol. The molecule has 1 atom stereocenters. The van der Waals surface area contributed by atoms with Gasteiger partial charge in [-0.2, -0.15) is 8.78 Å². The zero-order valence-corrected chi connectivity index (χ0v) is 12.2. The van der Waals surface area contributed by atoms with E-state index < -0.39 is 6.61 Å². The molecule has 2 rings (SSSR count). The number of hydrogen-bond donors (Lipinski definition) is 1. The van der Waals surface area contributed by atoms with E-state index in [2.05, 4.69) is 23.9 Å². The molecule has 0 heterocycles. The van der Waals surface area contributed by atoms with Crippen LogP contribution in [0.5, 0.6) is 5.75 Å². The van der Waals surface area contributed by atoms with Crippen LogP contribution in [-0.4, -0.2) is 12.7 Å². The van der Waals surface area contributed by atoms with Gasteiger partial charge in [-0.15, -0.1) is 0 Å². The number of halogens is 2. The molecule has 1 unspecified atom stereocenters. The lowest BCUT2D eigenvalue weighted by molar-refractivity contribution is -0.0498. The largest absolute Gasteiger partial charge is 0.435 e. The molecule has 1 N–H and O–H groups in total. The van der Waals surface area contributed by atoms with Gasteiger partial charge in [0.05, 0.1) is 0 Å². The van der Waals surface area contributed by atoms with E-state index in [0.29, 0.717) is 11.5 Å². The highest BCUT2D eigenvalue weighted by Gasteiger charge is 2.27. The molecule has 0 aliphatic heterocycles. The minimum atomic E-state index is -2.76. The van der Waals surface area contributed by atoms with Crippen LogP contribution in [0.4, 0.5) is 8.78 Å². The van der Waals surface area contributed by atoms with Crippen LogP contribution in [0, 0.1) is 5.41 Å². The second-order valence-electron chi connectivity index (χ2n) is 6.36.